The van der Waals surface area contributed by atoms with E-state index >= 15 is 0 Å². The van der Waals surface area contributed by atoms with Gasteiger partial charge in [-0.05, 0) is 67.8 Å². The number of nitrogens with one attached hydrogen (secondary N) is 2. The highest BCUT2D eigenvalue weighted by Crippen LogP contribution is 2.23. The molecule has 4 heteroatoms. The lowest BCUT2D eigenvalue weighted by atomic mass is 9.95. The minimum atomic E-state index is 0.0571. The Morgan fingerprint density at radius 3 is 2.93 bits per heavy atom. The number of nitrogens with zero attached hydrogens (tertiary/aromatic N) is 1. The van der Waals surface area contributed by atoms with Crippen LogP contribution in [0, 0.1) is 5.92 Å². The highest BCUT2D eigenvalue weighted by atomic mass is 16.1. The number of hydrogen-bond acceptors (Lipinski definition) is 3. The summed E-state index contributed by atoms with van der Waals surface area (Å²) in [5.41, 5.74) is 4.82. The van der Waals surface area contributed by atoms with E-state index in [1.165, 1.54) is 16.7 Å². The molecule has 27 heavy (non-hydrogen) atoms. The summed E-state index contributed by atoms with van der Waals surface area (Å²) in [4.78, 5) is 14.9. The lowest BCUT2D eigenvalue weighted by Gasteiger charge is -2.25. The third-order valence-corrected chi connectivity index (χ3v) is 4.96. The van der Waals surface area contributed by atoms with Gasteiger partial charge in [-0.2, -0.15) is 0 Å². The van der Waals surface area contributed by atoms with Crippen molar-refractivity contribution in [3.8, 4) is 0 Å². The van der Waals surface area contributed by atoms with Gasteiger partial charge in [-0.1, -0.05) is 31.2 Å². The predicted octanol–water partition coefficient (Wildman–Crippen LogP) is 4.26. The summed E-state index contributed by atoms with van der Waals surface area (Å²) >= 11 is 0. The van der Waals surface area contributed by atoms with Crippen LogP contribution in [-0.2, 0) is 17.8 Å². The van der Waals surface area contributed by atoms with Crippen LogP contribution in [0.2, 0.25) is 0 Å². The third-order valence-electron chi connectivity index (χ3n) is 4.96. The summed E-state index contributed by atoms with van der Waals surface area (Å²) in [6.45, 7) is 10.6. The molecule has 1 aromatic carbocycles. The smallest absolute Gasteiger partial charge is 0.224 e. The summed E-state index contributed by atoms with van der Waals surface area (Å²) in [5, 5.41) is 6.31. The molecule has 1 amide bonds. The van der Waals surface area contributed by atoms with Crippen molar-refractivity contribution >= 4 is 11.6 Å². The van der Waals surface area contributed by atoms with Crippen molar-refractivity contribution in [1.82, 2.24) is 10.2 Å². The Hall–Kier alpha value is -2.33. The fourth-order valence-corrected chi connectivity index (χ4v) is 3.33. The molecule has 1 aliphatic heterocycles. The lowest BCUT2D eigenvalue weighted by molar-refractivity contribution is -0.116. The SMILES string of the molecule is C=CCN/C=C(\C/C=C\C)C(C)CC(=O)Nc1ccc2c(c1)CN(C)CC2. The summed E-state index contributed by atoms with van der Waals surface area (Å²) in [5.74, 6) is 0.226. The Kier molecular flexibility index (Phi) is 8.34. The van der Waals surface area contributed by atoms with E-state index in [-0.39, 0.29) is 11.8 Å². The van der Waals surface area contributed by atoms with Gasteiger partial charge in [0.2, 0.25) is 5.91 Å². The molecule has 146 valence electrons. The molecule has 0 saturated heterocycles. The van der Waals surface area contributed by atoms with Gasteiger partial charge in [-0.25, -0.2) is 0 Å². The zero-order valence-corrected chi connectivity index (χ0v) is 16.9. The number of carbonyl (C=O) groups excluding carboxylic acids is 1. The summed E-state index contributed by atoms with van der Waals surface area (Å²) in [7, 11) is 2.13. The van der Waals surface area contributed by atoms with E-state index in [0.29, 0.717) is 6.42 Å². The summed E-state index contributed by atoms with van der Waals surface area (Å²) in [6.07, 6.45) is 10.4. The number of fused-ring (bicyclic) bond motifs is 1. The van der Waals surface area contributed by atoms with Crippen molar-refractivity contribution in [2.45, 2.75) is 39.7 Å². The molecule has 0 bridgehead atoms. The van der Waals surface area contributed by atoms with Crippen molar-refractivity contribution in [1.29, 1.82) is 0 Å². The van der Waals surface area contributed by atoms with Gasteiger partial charge in [-0.3, -0.25) is 4.79 Å². The van der Waals surface area contributed by atoms with E-state index in [1.54, 1.807) is 0 Å². The number of anilines is 1. The molecular weight excluding hydrogens is 334 g/mol. The maximum Gasteiger partial charge on any atom is 0.224 e. The molecule has 0 fully saturated rings. The average molecular weight is 368 g/mol. The molecule has 0 aliphatic carbocycles. The fraction of sp³-hybridized carbons (Fsp3) is 0.435. The largest absolute Gasteiger partial charge is 0.387 e. The number of benzene rings is 1. The van der Waals surface area contributed by atoms with Crippen LogP contribution in [0.4, 0.5) is 5.69 Å². The summed E-state index contributed by atoms with van der Waals surface area (Å²) < 4.78 is 0. The van der Waals surface area contributed by atoms with Gasteiger partial charge < -0.3 is 15.5 Å². The van der Waals surface area contributed by atoms with Gasteiger partial charge in [0, 0.05) is 31.7 Å². The number of hydrogen-bond donors (Lipinski definition) is 2. The molecule has 0 spiro atoms. The second-order valence-electron chi connectivity index (χ2n) is 7.31. The van der Waals surface area contributed by atoms with Gasteiger partial charge in [0.1, 0.15) is 0 Å². The maximum absolute atomic E-state index is 12.6. The van der Waals surface area contributed by atoms with Crippen LogP contribution in [0.1, 0.15) is 37.8 Å². The minimum Gasteiger partial charge on any atom is -0.387 e. The molecule has 2 N–H and O–H groups in total. The van der Waals surface area contributed by atoms with Crippen molar-refractivity contribution in [3.63, 3.8) is 0 Å². The second kappa shape index (κ2) is 10.7. The average Bonchev–Trinajstić information content (AvgIpc) is 2.64. The van der Waals surface area contributed by atoms with E-state index in [1.807, 2.05) is 31.3 Å². The number of rotatable bonds is 9. The highest BCUT2D eigenvalue weighted by molar-refractivity contribution is 5.91. The first-order valence-corrected chi connectivity index (χ1v) is 9.78. The Labute approximate surface area is 164 Å². The quantitative estimate of drug-likeness (QED) is 0.506. The van der Waals surface area contributed by atoms with Crippen LogP contribution in [0.5, 0.6) is 0 Å². The molecule has 0 radical (unpaired) electrons. The fourth-order valence-electron chi connectivity index (χ4n) is 3.33. The zero-order chi connectivity index (χ0) is 19.6. The standard InChI is InChI=1S/C23H33N3O/c1-5-7-8-20(16-24-12-6-2)18(3)14-23(27)25-22-10-9-19-11-13-26(4)17-21(19)15-22/h5-7,9-10,15-16,18,24H,2,8,11-14,17H2,1,3-4H3,(H,25,27)/b7-5-,20-16+. The van der Waals surface area contributed by atoms with Crippen molar-refractivity contribution in [2.75, 3.05) is 25.5 Å². The van der Waals surface area contributed by atoms with Crippen LogP contribution in [-0.4, -0.2) is 30.9 Å². The summed E-state index contributed by atoms with van der Waals surface area (Å²) in [6, 6.07) is 6.29. The van der Waals surface area contributed by atoms with Crippen molar-refractivity contribution in [2.24, 2.45) is 5.92 Å². The first-order chi connectivity index (χ1) is 13.0. The topological polar surface area (TPSA) is 44.4 Å². The second-order valence-corrected chi connectivity index (χ2v) is 7.31. The van der Waals surface area contributed by atoms with Crippen molar-refractivity contribution in [3.05, 3.63) is 65.9 Å². The van der Waals surface area contributed by atoms with Gasteiger partial charge in [0.15, 0.2) is 0 Å². The Morgan fingerprint density at radius 1 is 1.37 bits per heavy atom. The molecule has 1 aromatic rings. The molecular formula is C23H33N3O. The molecule has 1 atom stereocenters. The molecule has 0 aromatic heterocycles. The highest BCUT2D eigenvalue weighted by Gasteiger charge is 2.16. The Balaban J connectivity index is 1.97. The van der Waals surface area contributed by atoms with Gasteiger partial charge in [0.25, 0.3) is 0 Å². The first-order valence-electron chi connectivity index (χ1n) is 9.78. The minimum absolute atomic E-state index is 0.0571. The molecule has 4 nitrogen and oxygen atoms in total. The number of likely N-dealkylation sites (N-methyl/N-ethyl adjacent to an activating group) is 1. The van der Waals surface area contributed by atoms with E-state index in [4.69, 9.17) is 0 Å². The third kappa shape index (κ3) is 6.72. The normalized spacial score (nSPS) is 16.0. The van der Waals surface area contributed by atoms with E-state index in [2.05, 4.69) is 54.3 Å². The zero-order valence-electron chi connectivity index (χ0n) is 16.9. The molecule has 2 rings (SSSR count). The van der Waals surface area contributed by atoms with Gasteiger partial charge in [-0.15, -0.1) is 6.58 Å². The molecule has 1 unspecified atom stereocenters. The van der Waals surface area contributed by atoms with Crippen LogP contribution >= 0.6 is 0 Å². The monoisotopic (exact) mass is 367 g/mol. The van der Waals surface area contributed by atoms with Crippen LogP contribution in [0.25, 0.3) is 0 Å². The lowest BCUT2D eigenvalue weighted by Crippen LogP contribution is -2.26. The molecule has 0 saturated carbocycles. The van der Waals surface area contributed by atoms with Gasteiger partial charge in [0.05, 0.1) is 0 Å². The maximum atomic E-state index is 12.6. The predicted molar refractivity (Wildman–Crippen MR) is 115 cm³/mol. The number of allylic oxidation sites excluding steroid dienone is 3. The van der Waals surface area contributed by atoms with E-state index in [0.717, 1.165) is 38.2 Å². The van der Waals surface area contributed by atoms with Crippen LogP contribution in [0.3, 0.4) is 0 Å². The Bertz CT molecular complexity index is 706. The molecule has 1 aliphatic rings. The first kappa shape index (κ1) is 21.0. The van der Waals surface area contributed by atoms with E-state index < -0.39 is 0 Å². The van der Waals surface area contributed by atoms with Crippen LogP contribution in [0.15, 0.2) is 54.8 Å². The number of amides is 1. The Morgan fingerprint density at radius 2 is 2.19 bits per heavy atom. The van der Waals surface area contributed by atoms with Crippen molar-refractivity contribution < 1.29 is 4.79 Å². The molecule has 1 heterocycles. The van der Waals surface area contributed by atoms with Gasteiger partial charge >= 0.3 is 0 Å². The van der Waals surface area contributed by atoms with E-state index in [9.17, 15) is 4.79 Å². The number of carbonyl (C=O) groups is 1. The van der Waals surface area contributed by atoms with Crippen LogP contribution < -0.4 is 10.6 Å².